The van der Waals surface area contributed by atoms with E-state index in [1.165, 1.54) is 5.56 Å². The molecule has 2 rings (SSSR count). The van der Waals surface area contributed by atoms with Crippen LogP contribution >= 0.6 is 11.3 Å². The van der Waals surface area contributed by atoms with Crippen LogP contribution in [-0.2, 0) is 4.79 Å². The van der Waals surface area contributed by atoms with Crippen LogP contribution in [0.2, 0.25) is 0 Å². The number of ether oxygens (including phenoxy) is 2. The van der Waals surface area contributed by atoms with Crippen LogP contribution in [0.25, 0.3) is 0 Å². The van der Waals surface area contributed by atoms with Gasteiger partial charge in [0, 0.05) is 6.54 Å². The molecule has 0 fully saturated rings. The van der Waals surface area contributed by atoms with Gasteiger partial charge in [0.05, 0.1) is 13.2 Å². The number of thiophene rings is 1. The van der Waals surface area contributed by atoms with Gasteiger partial charge in [-0.2, -0.15) is 11.3 Å². The van der Waals surface area contributed by atoms with Gasteiger partial charge in [-0.1, -0.05) is 0 Å². The number of rotatable bonds is 8. The lowest BCUT2D eigenvalue weighted by atomic mass is 10.1. The lowest BCUT2D eigenvalue weighted by Crippen LogP contribution is -2.40. The van der Waals surface area contributed by atoms with E-state index in [4.69, 9.17) is 9.47 Å². The standard InChI is InChI=1S/C18H24N2O3S/c1-13(23-16-7-5-15(22-4)6-8-16)18(21)19-11-17(20(2)3)14-9-10-24-12-14/h5-10,12-13,17H,11H2,1-4H3,(H,19,21). The molecule has 2 atom stereocenters. The summed E-state index contributed by atoms with van der Waals surface area (Å²) in [4.78, 5) is 14.4. The molecule has 0 saturated heterocycles. The third kappa shape index (κ3) is 4.97. The summed E-state index contributed by atoms with van der Waals surface area (Å²) in [5.74, 6) is 1.26. The molecule has 1 heterocycles. The summed E-state index contributed by atoms with van der Waals surface area (Å²) >= 11 is 1.66. The maximum absolute atomic E-state index is 12.3. The number of methoxy groups -OCH3 is 1. The topological polar surface area (TPSA) is 50.8 Å². The third-order valence-electron chi connectivity index (χ3n) is 3.76. The second-order valence-electron chi connectivity index (χ2n) is 5.72. The summed E-state index contributed by atoms with van der Waals surface area (Å²) in [5.41, 5.74) is 1.20. The van der Waals surface area contributed by atoms with E-state index in [1.807, 2.05) is 19.5 Å². The van der Waals surface area contributed by atoms with Gasteiger partial charge in [0.15, 0.2) is 6.10 Å². The first kappa shape index (κ1) is 18.3. The minimum Gasteiger partial charge on any atom is -0.497 e. The molecule has 2 aromatic rings. The number of hydrogen-bond donors (Lipinski definition) is 1. The Morgan fingerprint density at radius 2 is 1.88 bits per heavy atom. The van der Waals surface area contributed by atoms with Crippen molar-refractivity contribution >= 4 is 17.2 Å². The molecular weight excluding hydrogens is 324 g/mol. The fraction of sp³-hybridized carbons (Fsp3) is 0.389. The summed E-state index contributed by atoms with van der Waals surface area (Å²) in [6, 6.07) is 9.41. The summed E-state index contributed by atoms with van der Waals surface area (Å²) < 4.78 is 10.8. The van der Waals surface area contributed by atoms with E-state index in [0.717, 1.165) is 5.75 Å². The molecule has 0 bridgehead atoms. The van der Waals surface area contributed by atoms with Crippen LogP contribution < -0.4 is 14.8 Å². The SMILES string of the molecule is COc1ccc(OC(C)C(=O)NCC(c2ccsc2)N(C)C)cc1. The monoisotopic (exact) mass is 348 g/mol. The maximum atomic E-state index is 12.3. The lowest BCUT2D eigenvalue weighted by Gasteiger charge is -2.25. The Morgan fingerprint density at radius 1 is 1.21 bits per heavy atom. The fourth-order valence-electron chi connectivity index (χ4n) is 2.32. The number of carbonyl (C=O) groups is 1. The van der Waals surface area contributed by atoms with E-state index in [2.05, 4.69) is 21.7 Å². The Balaban J connectivity index is 1.88. The van der Waals surface area contributed by atoms with Gasteiger partial charge in [-0.15, -0.1) is 0 Å². The summed E-state index contributed by atoms with van der Waals surface area (Å²) in [6.45, 7) is 2.29. The zero-order chi connectivity index (χ0) is 17.5. The average Bonchev–Trinajstić information content (AvgIpc) is 3.09. The smallest absolute Gasteiger partial charge is 0.260 e. The Morgan fingerprint density at radius 3 is 2.42 bits per heavy atom. The van der Waals surface area contributed by atoms with E-state index in [-0.39, 0.29) is 11.9 Å². The van der Waals surface area contributed by atoms with Crippen LogP contribution in [0.4, 0.5) is 0 Å². The predicted molar refractivity (Wildman–Crippen MR) is 96.8 cm³/mol. The van der Waals surface area contributed by atoms with Crippen molar-refractivity contribution in [2.75, 3.05) is 27.7 Å². The van der Waals surface area contributed by atoms with Gasteiger partial charge < -0.3 is 19.7 Å². The Kier molecular flexibility index (Phi) is 6.63. The first-order chi connectivity index (χ1) is 11.5. The zero-order valence-electron chi connectivity index (χ0n) is 14.5. The van der Waals surface area contributed by atoms with Gasteiger partial charge in [0.1, 0.15) is 11.5 Å². The van der Waals surface area contributed by atoms with Gasteiger partial charge in [-0.3, -0.25) is 4.79 Å². The number of benzene rings is 1. The quantitative estimate of drug-likeness (QED) is 0.797. The third-order valence-corrected chi connectivity index (χ3v) is 4.46. The van der Waals surface area contributed by atoms with E-state index in [0.29, 0.717) is 12.3 Å². The van der Waals surface area contributed by atoms with Crippen LogP contribution in [0.15, 0.2) is 41.1 Å². The van der Waals surface area contributed by atoms with Crippen molar-refractivity contribution < 1.29 is 14.3 Å². The minimum absolute atomic E-state index is 0.132. The summed E-state index contributed by atoms with van der Waals surface area (Å²) in [6.07, 6.45) is -0.566. The highest BCUT2D eigenvalue weighted by Gasteiger charge is 2.19. The molecule has 0 spiro atoms. The van der Waals surface area contributed by atoms with Gasteiger partial charge in [-0.25, -0.2) is 0 Å². The van der Waals surface area contributed by atoms with Crippen molar-refractivity contribution in [3.63, 3.8) is 0 Å². The summed E-state index contributed by atoms with van der Waals surface area (Å²) in [5, 5.41) is 7.12. The number of nitrogens with one attached hydrogen (secondary N) is 1. The van der Waals surface area contributed by atoms with Crippen molar-refractivity contribution in [2.24, 2.45) is 0 Å². The Labute approximate surface area is 147 Å². The van der Waals surface area contributed by atoms with E-state index in [1.54, 1.807) is 49.6 Å². The zero-order valence-corrected chi connectivity index (χ0v) is 15.3. The molecule has 1 N–H and O–H groups in total. The van der Waals surface area contributed by atoms with Crippen LogP contribution in [-0.4, -0.2) is 44.7 Å². The maximum Gasteiger partial charge on any atom is 0.260 e. The average molecular weight is 348 g/mol. The Bertz CT molecular complexity index is 626. The van der Waals surface area contributed by atoms with Gasteiger partial charge in [-0.05, 0) is 67.7 Å². The molecule has 0 aliphatic heterocycles. The van der Waals surface area contributed by atoms with Gasteiger partial charge in [0.2, 0.25) is 0 Å². The predicted octanol–water partition coefficient (Wildman–Crippen LogP) is 2.94. The highest BCUT2D eigenvalue weighted by Crippen LogP contribution is 2.20. The lowest BCUT2D eigenvalue weighted by molar-refractivity contribution is -0.127. The second kappa shape index (κ2) is 8.70. The highest BCUT2D eigenvalue weighted by molar-refractivity contribution is 7.07. The van der Waals surface area contributed by atoms with Crippen LogP contribution in [0.1, 0.15) is 18.5 Å². The van der Waals surface area contributed by atoms with Gasteiger partial charge >= 0.3 is 0 Å². The first-order valence-corrected chi connectivity index (χ1v) is 8.72. The largest absolute Gasteiger partial charge is 0.497 e. The minimum atomic E-state index is -0.566. The van der Waals surface area contributed by atoms with Crippen LogP contribution in [0.5, 0.6) is 11.5 Å². The molecule has 2 unspecified atom stereocenters. The van der Waals surface area contributed by atoms with Crippen molar-refractivity contribution in [3.8, 4) is 11.5 Å². The summed E-state index contributed by atoms with van der Waals surface area (Å²) in [7, 11) is 5.62. The fourth-order valence-corrected chi connectivity index (χ4v) is 3.02. The molecule has 130 valence electrons. The molecular formula is C18H24N2O3S. The van der Waals surface area contributed by atoms with Crippen molar-refractivity contribution in [1.29, 1.82) is 0 Å². The number of nitrogens with zero attached hydrogens (tertiary/aromatic N) is 1. The normalized spacial score (nSPS) is 13.4. The Hall–Kier alpha value is -2.05. The number of amides is 1. The van der Waals surface area contributed by atoms with E-state index >= 15 is 0 Å². The molecule has 0 aliphatic rings. The molecule has 6 heteroatoms. The number of carbonyl (C=O) groups excluding carboxylic acids is 1. The van der Waals surface area contributed by atoms with Gasteiger partial charge in [0.25, 0.3) is 5.91 Å². The number of hydrogen-bond acceptors (Lipinski definition) is 5. The van der Waals surface area contributed by atoms with Crippen LogP contribution in [0, 0.1) is 0 Å². The van der Waals surface area contributed by atoms with Crippen molar-refractivity contribution in [3.05, 3.63) is 46.7 Å². The van der Waals surface area contributed by atoms with Crippen molar-refractivity contribution in [1.82, 2.24) is 10.2 Å². The molecule has 1 amide bonds. The molecule has 1 aromatic carbocycles. The van der Waals surface area contributed by atoms with Crippen molar-refractivity contribution in [2.45, 2.75) is 19.1 Å². The number of likely N-dealkylation sites (N-methyl/N-ethyl adjacent to an activating group) is 1. The van der Waals surface area contributed by atoms with Crippen LogP contribution in [0.3, 0.4) is 0 Å². The highest BCUT2D eigenvalue weighted by atomic mass is 32.1. The molecule has 0 saturated carbocycles. The first-order valence-electron chi connectivity index (χ1n) is 7.78. The molecule has 1 aromatic heterocycles. The molecule has 0 aliphatic carbocycles. The molecule has 24 heavy (non-hydrogen) atoms. The van der Waals surface area contributed by atoms with E-state index < -0.39 is 6.10 Å². The second-order valence-corrected chi connectivity index (χ2v) is 6.50. The van der Waals surface area contributed by atoms with E-state index in [9.17, 15) is 4.79 Å². The molecule has 5 nitrogen and oxygen atoms in total. The molecule has 0 radical (unpaired) electrons.